The van der Waals surface area contributed by atoms with Gasteiger partial charge in [0.15, 0.2) is 0 Å². The first-order valence-corrected chi connectivity index (χ1v) is 9.84. The lowest BCUT2D eigenvalue weighted by atomic mass is 9.68. The summed E-state index contributed by atoms with van der Waals surface area (Å²) < 4.78 is 6.68. The Morgan fingerprint density at radius 2 is 2.15 bits per heavy atom. The number of hydrogen-bond donors (Lipinski definition) is 1. The molecule has 0 heterocycles. The third-order valence-corrected chi connectivity index (χ3v) is 5.24. The molecule has 0 aromatic rings. The van der Waals surface area contributed by atoms with E-state index in [1.165, 1.54) is 11.1 Å². The molecule has 0 aliphatic heterocycles. The second-order valence-corrected chi connectivity index (χ2v) is 7.07. The Morgan fingerprint density at radius 1 is 1.30 bits per heavy atom. The number of hydrogen-bond acceptors (Lipinski definition) is 2. The molecule has 2 aliphatic rings. The van der Waals surface area contributed by atoms with E-state index in [0.717, 1.165) is 12.8 Å². The molecule has 0 aromatic heterocycles. The van der Waals surface area contributed by atoms with E-state index in [1.807, 2.05) is 12.2 Å². The van der Waals surface area contributed by atoms with Crippen LogP contribution in [0.3, 0.4) is 0 Å². The molecule has 2 aliphatic carbocycles. The minimum absolute atomic E-state index is 0.139. The lowest BCUT2D eigenvalue weighted by molar-refractivity contribution is -0.0685. The third-order valence-electron chi connectivity index (χ3n) is 5.24. The molecule has 2 rings (SSSR count). The van der Waals surface area contributed by atoms with E-state index >= 15 is 0 Å². The topological polar surface area (TPSA) is 35.2 Å². The number of nitrogens with two attached hydrogens (primary N) is 1. The van der Waals surface area contributed by atoms with Crippen LogP contribution in [0.1, 0.15) is 26.7 Å². The molecule has 0 bridgehead atoms. The maximum atomic E-state index is 6.68. The minimum Gasteiger partial charge on any atom is -0.368 e. The van der Waals surface area contributed by atoms with E-state index in [0.29, 0.717) is 13.2 Å². The summed E-state index contributed by atoms with van der Waals surface area (Å²) in [6.07, 6.45) is 29.5. The van der Waals surface area contributed by atoms with E-state index in [4.69, 9.17) is 10.5 Å². The largest absolute Gasteiger partial charge is 0.368 e. The van der Waals surface area contributed by atoms with Crippen LogP contribution < -0.4 is 5.73 Å². The lowest BCUT2D eigenvalue weighted by Crippen LogP contribution is -2.49. The van der Waals surface area contributed by atoms with Crippen molar-refractivity contribution < 1.29 is 4.74 Å². The molecule has 0 fully saturated rings. The van der Waals surface area contributed by atoms with Crippen LogP contribution in [0.4, 0.5) is 0 Å². The van der Waals surface area contributed by atoms with Crippen LogP contribution in [-0.4, -0.2) is 18.8 Å². The van der Waals surface area contributed by atoms with Gasteiger partial charge in [0.25, 0.3) is 0 Å². The van der Waals surface area contributed by atoms with Gasteiger partial charge in [-0.15, -0.1) is 0 Å². The molecule has 0 saturated carbocycles. The third kappa shape index (κ3) is 5.18. The summed E-state index contributed by atoms with van der Waals surface area (Å²) in [5.41, 5.74) is 7.91. The Morgan fingerprint density at radius 3 is 2.93 bits per heavy atom. The highest BCUT2D eigenvalue weighted by molar-refractivity contribution is 5.42. The van der Waals surface area contributed by atoms with Crippen LogP contribution in [0.5, 0.6) is 0 Å². The van der Waals surface area contributed by atoms with Crippen molar-refractivity contribution in [2.24, 2.45) is 17.6 Å². The molecule has 3 atom stereocenters. The summed E-state index contributed by atoms with van der Waals surface area (Å²) >= 11 is 0. The van der Waals surface area contributed by atoms with Crippen molar-refractivity contribution in [2.45, 2.75) is 32.3 Å². The van der Waals surface area contributed by atoms with Gasteiger partial charge in [-0.05, 0) is 31.3 Å². The maximum absolute atomic E-state index is 6.68. The predicted octanol–water partition coefficient (Wildman–Crippen LogP) is 5.60. The molecule has 0 saturated heterocycles. The van der Waals surface area contributed by atoms with Crippen molar-refractivity contribution in [2.75, 3.05) is 13.2 Å². The van der Waals surface area contributed by atoms with Crippen LogP contribution in [0.15, 0.2) is 96.7 Å². The summed E-state index contributed by atoms with van der Waals surface area (Å²) in [4.78, 5) is 0. The molecule has 0 aromatic carbocycles. The molecule has 0 radical (unpaired) electrons. The van der Waals surface area contributed by atoms with Crippen molar-refractivity contribution in [1.82, 2.24) is 0 Å². The van der Waals surface area contributed by atoms with Crippen molar-refractivity contribution in [3.63, 3.8) is 0 Å². The first kappa shape index (κ1) is 21.1. The van der Waals surface area contributed by atoms with E-state index in [2.05, 4.69) is 87.3 Å². The highest BCUT2D eigenvalue weighted by atomic mass is 16.5. The van der Waals surface area contributed by atoms with Crippen LogP contribution in [0.2, 0.25) is 0 Å². The smallest absolute Gasteiger partial charge is 0.106 e. The minimum atomic E-state index is -0.476. The Labute approximate surface area is 164 Å². The van der Waals surface area contributed by atoms with E-state index in [1.54, 1.807) is 0 Å². The zero-order valence-electron chi connectivity index (χ0n) is 16.7. The summed E-state index contributed by atoms with van der Waals surface area (Å²) in [6.45, 7) is 9.29. The van der Waals surface area contributed by atoms with Gasteiger partial charge in [0.05, 0.1) is 6.61 Å². The summed E-state index contributed by atoms with van der Waals surface area (Å²) in [6, 6.07) is 0. The van der Waals surface area contributed by atoms with Gasteiger partial charge in [0, 0.05) is 12.5 Å². The van der Waals surface area contributed by atoms with E-state index < -0.39 is 5.60 Å². The van der Waals surface area contributed by atoms with Crippen LogP contribution >= 0.6 is 0 Å². The van der Waals surface area contributed by atoms with Gasteiger partial charge in [-0.1, -0.05) is 98.1 Å². The molecule has 2 heteroatoms. The van der Waals surface area contributed by atoms with E-state index in [9.17, 15) is 0 Å². The van der Waals surface area contributed by atoms with Crippen molar-refractivity contribution in [1.29, 1.82) is 0 Å². The highest BCUT2D eigenvalue weighted by Crippen LogP contribution is 2.45. The Hall–Kier alpha value is -2.16. The fourth-order valence-corrected chi connectivity index (χ4v) is 3.92. The average molecular weight is 364 g/mol. The molecular weight excluding hydrogens is 330 g/mol. The lowest BCUT2D eigenvalue weighted by Gasteiger charge is -2.45. The van der Waals surface area contributed by atoms with Crippen LogP contribution in [0.25, 0.3) is 0 Å². The van der Waals surface area contributed by atoms with Crippen molar-refractivity contribution in [3.05, 3.63) is 96.7 Å². The van der Waals surface area contributed by atoms with Gasteiger partial charge in [0.2, 0.25) is 0 Å². The molecule has 2 nitrogen and oxygen atoms in total. The van der Waals surface area contributed by atoms with Gasteiger partial charge in [0.1, 0.15) is 5.60 Å². The highest BCUT2D eigenvalue weighted by Gasteiger charge is 2.46. The van der Waals surface area contributed by atoms with E-state index in [-0.39, 0.29) is 11.8 Å². The predicted molar refractivity (Wildman–Crippen MR) is 117 cm³/mol. The number of rotatable bonds is 9. The zero-order valence-corrected chi connectivity index (χ0v) is 16.7. The van der Waals surface area contributed by atoms with Gasteiger partial charge in [-0.3, -0.25) is 0 Å². The molecule has 3 unspecified atom stereocenters. The Kier molecular flexibility index (Phi) is 8.50. The first-order chi connectivity index (χ1) is 13.2. The standard InChI is InChI=1S/C25H33NO/c1-4-5-9-15-22(3)25(27-20-19-26,23-16-11-6-7-12-17-23)24-18-13-8-10-14-21(24)2/h4-11,13-14,16-18,22,24H,1,12,15,19-20,26H2,2-3H3/b9-5-. The first-order valence-electron chi connectivity index (χ1n) is 9.84. The summed E-state index contributed by atoms with van der Waals surface area (Å²) in [5.74, 6) is 0.394. The second-order valence-electron chi connectivity index (χ2n) is 7.07. The van der Waals surface area contributed by atoms with Crippen molar-refractivity contribution >= 4 is 0 Å². The Bertz CT molecular complexity index is 702. The Balaban J connectivity index is 2.58. The molecule has 0 amide bonds. The number of ether oxygens (including phenoxy) is 1. The van der Waals surface area contributed by atoms with Gasteiger partial charge < -0.3 is 10.5 Å². The van der Waals surface area contributed by atoms with Crippen molar-refractivity contribution in [3.8, 4) is 0 Å². The second kappa shape index (κ2) is 10.9. The molecule has 144 valence electrons. The van der Waals surface area contributed by atoms with Gasteiger partial charge >= 0.3 is 0 Å². The maximum Gasteiger partial charge on any atom is 0.106 e. The monoisotopic (exact) mass is 363 g/mol. The van der Waals surface area contributed by atoms with Gasteiger partial charge in [-0.25, -0.2) is 0 Å². The van der Waals surface area contributed by atoms with Gasteiger partial charge in [-0.2, -0.15) is 0 Å². The quantitative estimate of drug-likeness (QED) is 0.541. The fraction of sp³-hybridized carbons (Fsp3) is 0.360. The summed E-state index contributed by atoms with van der Waals surface area (Å²) in [5, 5.41) is 0. The average Bonchev–Trinajstić information content (AvgIpc) is 3.07. The molecular formula is C25H33NO. The summed E-state index contributed by atoms with van der Waals surface area (Å²) in [7, 11) is 0. The zero-order chi connectivity index (χ0) is 19.5. The fourth-order valence-electron chi connectivity index (χ4n) is 3.92. The number of allylic oxidation sites excluding steroid dienone is 11. The molecule has 2 N–H and O–H groups in total. The van der Waals surface area contributed by atoms with Crippen LogP contribution in [0, 0.1) is 11.8 Å². The molecule has 0 spiro atoms. The SMILES string of the molecule is C=C/C=C\CC(C)C(OCCN)(C1=CCC=CC=C1)C1C=CC=CC=C1C. The molecule has 27 heavy (non-hydrogen) atoms. The normalized spacial score (nSPS) is 22.7. The van der Waals surface area contributed by atoms with Crippen LogP contribution in [-0.2, 0) is 4.74 Å².